The minimum absolute atomic E-state index is 0.0694. The average Bonchev–Trinajstić information content (AvgIpc) is 3.90. The predicted molar refractivity (Wildman–Crippen MR) is 210 cm³/mol. The maximum Gasteiger partial charge on any atom is 0.434 e. The highest BCUT2D eigenvalue weighted by Gasteiger charge is 2.61. The molecule has 3 aromatic carbocycles. The number of halogens is 3. The summed E-state index contributed by atoms with van der Waals surface area (Å²) in [5.74, 6) is -2.00. The van der Waals surface area contributed by atoms with Crippen LogP contribution in [0.4, 0.5) is 13.2 Å². The zero-order chi connectivity index (χ0) is 43.2. The summed E-state index contributed by atoms with van der Waals surface area (Å²) in [6.45, 7) is 4.22. The molecule has 0 aliphatic carbocycles. The Bertz CT molecular complexity index is 2550. The molecule has 1 unspecified atom stereocenters. The van der Waals surface area contributed by atoms with E-state index in [1.54, 1.807) is 13.0 Å². The Kier molecular flexibility index (Phi) is 9.87. The number of para-hydroxylation sites is 1. The van der Waals surface area contributed by atoms with Crippen LogP contribution in [0, 0.1) is 25.2 Å². The van der Waals surface area contributed by atoms with E-state index in [1.807, 2.05) is 29.8 Å². The molecule has 15 nitrogen and oxygen atoms in total. The zero-order valence-electron chi connectivity index (χ0n) is 33.4. The number of thioether (sulfide) groups is 1. The van der Waals surface area contributed by atoms with E-state index in [4.69, 9.17) is 23.7 Å². The Hall–Kier alpha value is -5.97. The molecule has 2 fully saturated rings. The van der Waals surface area contributed by atoms with Crippen molar-refractivity contribution in [2.75, 3.05) is 33.3 Å². The monoisotopic (exact) mass is 860 g/mol. The molecule has 61 heavy (non-hydrogen) atoms. The van der Waals surface area contributed by atoms with Crippen molar-refractivity contribution >= 4 is 29.6 Å². The SMILES string of the molecule is COc1c(C)cc2c(c1O)[C@@H]1[C@@H]3[C@@H]4SCC(NC(=O)c5cnn(-c6ccccc6)c5C(F)(F)F)C(=O)OC[C@@H](c5c6c(c(C)c(OC(C)=O)c54)OCO6)N3[C@@H](C#N)[C@H](C2)N1C. The number of benzene rings is 3. The molecule has 4 bridgehead atoms. The van der Waals surface area contributed by atoms with E-state index in [0.717, 1.165) is 23.5 Å². The second kappa shape index (κ2) is 14.9. The number of hydrogen-bond donors (Lipinski definition) is 2. The summed E-state index contributed by atoms with van der Waals surface area (Å²) in [7, 11) is 3.34. The van der Waals surface area contributed by atoms with Crippen LogP contribution in [0.3, 0.4) is 0 Å². The number of esters is 2. The van der Waals surface area contributed by atoms with Crippen LogP contribution in [0.25, 0.3) is 5.69 Å². The van der Waals surface area contributed by atoms with E-state index in [1.165, 1.54) is 38.3 Å². The minimum atomic E-state index is -5.01. The quantitative estimate of drug-likeness (QED) is 0.197. The van der Waals surface area contributed by atoms with Crippen LogP contribution in [0.1, 0.15) is 73.7 Å². The first kappa shape index (κ1) is 40.4. The molecule has 7 atom stereocenters. The summed E-state index contributed by atoms with van der Waals surface area (Å²) in [6, 6.07) is 6.96. The highest BCUT2D eigenvalue weighted by Crippen LogP contribution is 2.64. The Morgan fingerprint density at radius 3 is 2.51 bits per heavy atom. The third-order valence-electron chi connectivity index (χ3n) is 12.2. The van der Waals surface area contributed by atoms with Crippen molar-refractivity contribution in [1.29, 1.82) is 5.26 Å². The maximum atomic E-state index is 14.7. The van der Waals surface area contributed by atoms with Gasteiger partial charge in [0.1, 0.15) is 24.4 Å². The standard InChI is InChI=1S/C42H39F3N6O9S/c1-18-11-21-12-25-26(13-46)50-27-15-57-41(55)24(48-40(54)23-14-47-51(39(23)42(43,44)45)22-9-7-6-8-10-22)16-61-38(32(50)31(49(25)4)28(21)33(53)34(18)56-5)30-29(27)37-36(58-17-59-37)19(2)35(30)60-20(3)52/h6-11,14,24-27,31-32,38,53H,12,15-17H2,1-5H3,(H,48,54)/t24?,25-,26-,27-,31+,32+,38+/m0/s1. The average molecular weight is 861 g/mol. The number of nitrogens with one attached hydrogen (secondary N) is 1. The van der Waals surface area contributed by atoms with Crippen molar-refractivity contribution in [3.05, 3.63) is 87.2 Å². The fourth-order valence-electron chi connectivity index (χ4n) is 9.86. The van der Waals surface area contributed by atoms with E-state index in [0.29, 0.717) is 50.4 Å². The van der Waals surface area contributed by atoms with Crippen molar-refractivity contribution in [1.82, 2.24) is 24.9 Å². The van der Waals surface area contributed by atoms with E-state index in [-0.39, 0.29) is 35.5 Å². The molecule has 7 heterocycles. The van der Waals surface area contributed by atoms with Gasteiger partial charge in [-0.2, -0.15) is 23.5 Å². The van der Waals surface area contributed by atoms with Crippen LogP contribution in [-0.2, 0) is 26.9 Å². The fourth-order valence-corrected chi connectivity index (χ4v) is 11.4. The van der Waals surface area contributed by atoms with Crippen molar-refractivity contribution in [2.45, 2.75) is 74.9 Å². The Morgan fingerprint density at radius 2 is 1.82 bits per heavy atom. The number of alkyl halides is 3. The lowest BCUT2D eigenvalue weighted by atomic mass is 9.71. The molecule has 1 aromatic heterocycles. The molecular formula is C42H39F3N6O9S. The highest BCUT2D eigenvalue weighted by atomic mass is 32.2. The van der Waals surface area contributed by atoms with Gasteiger partial charge < -0.3 is 34.1 Å². The smallest absolute Gasteiger partial charge is 0.434 e. The molecule has 2 N–H and O–H groups in total. The molecule has 0 radical (unpaired) electrons. The zero-order valence-corrected chi connectivity index (χ0v) is 34.2. The molecule has 2 saturated heterocycles. The first-order valence-corrected chi connectivity index (χ1v) is 20.4. The lowest BCUT2D eigenvalue weighted by Crippen LogP contribution is -2.69. The number of nitrogens with zero attached hydrogens (tertiary/aromatic N) is 5. The van der Waals surface area contributed by atoms with Gasteiger partial charge in [0.15, 0.2) is 28.7 Å². The van der Waals surface area contributed by atoms with Crippen LogP contribution in [0.2, 0.25) is 0 Å². The number of methoxy groups -OCH3 is 1. The van der Waals surface area contributed by atoms with Gasteiger partial charge in [-0.25, -0.2) is 9.48 Å². The normalized spacial score (nSPS) is 25.4. The number of ether oxygens (including phenoxy) is 5. The van der Waals surface area contributed by atoms with E-state index >= 15 is 0 Å². The van der Waals surface area contributed by atoms with Crippen molar-refractivity contribution in [2.24, 2.45) is 0 Å². The Morgan fingerprint density at radius 1 is 1.08 bits per heavy atom. The molecule has 6 aliphatic rings. The van der Waals surface area contributed by atoms with Gasteiger partial charge in [-0.05, 0) is 50.6 Å². The minimum Gasteiger partial charge on any atom is -0.504 e. The van der Waals surface area contributed by atoms with Gasteiger partial charge in [0.2, 0.25) is 6.79 Å². The summed E-state index contributed by atoms with van der Waals surface area (Å²) >= 11 is 1.16. The number of hydrogen-bond acceptors (Lipinski definition) is 14. The van der Waals surface area contributed by atoms with Crippen LogP contribution in [-0.4, -0.2) is 100 Å². The molecule has 10 rings (SSSR count). The second-order valence-corrected chi connectivity index (χ2v) is 16.7. The third-order valence-corrected chi connectivity index (χ3v) is 13.6. The molecule has 318 valence electrons. The van der Waals surface area contributed by atoms with Crippen LogP contribution in [0.15, 0.2) is 42.6 Å². The number of rotatable bonds is 5. The number of aromatic nitrogens is 2. The van der Waals surface area contributed by atoms with Crippen molar-refractivity contribution < 1.29 is 56.3 Å². The Balaban J connectivity index is 1.21. The summed E-state index contributed by atoms with van der Waals surface area (Å²) in [6.07, 6.45) is -3.83. The number of fused-ring (bicyclic) bond motifs is 10. The number of aromatic hydroxyl groups is 1. The lowest BCUT2D eigenvalue weighted by molar-refractivity contribution is -0.151. The van der Waals surface area contributed by atoms with Gasteiger partial charge in [0, 0.05) is 47.0 Å². The summed E-state index contributed by atoms with van der Waals surface area (Å²) in [5.41, 5.74) is 1.45. The second-order valence-electron chi connectivity index (χ2n) is 15.6. The molecular weight excluding hydrogens is 822 g/mol. The molecule has 0 saturated carbocycles. The van der Waals surface area contributed by atoms with Crippen LogP contribution in [0.5, 0.6) is 28.7 Å². The third kappa shape index (κ3) is 6.25. The summed E-state index contributed by atoms with van der Waals surface area (Å²) < 4.78 is 74.4. The van der Waals surface area contributed by atoms with Crippen LogP contribution >= 0.6 is 11.8 Å². The summed E-state index contributed by atoms with van der Waals surface area (Å²) in [5, 5.41) is 28.6. The fraction of sp³-hybridized carbons (Fsp3) is 0.405. The first-order valence-electron chi connectivity index (χ1n) is 19.4. The number of likely N-dealkylation sites (N-methyl/N-ethyl adjacent to an activating group) is 1. The van der Waals surface area contributed by atoms with E-state index in [2.05, 4.69) is 16.5 Å². The van der Waals surface area contributed by atoms with Crippen LogP contribution < -0.4 is 24.3 Å². The molecule has 1 amide bonds. The topological polar surface area (TPSA) is 178 Å². The maximum absolute atomic E-state index is 14.7. The van der Waals surface area contributed by atoms with Gasteiger partial charge in [-0.1, -0.05) is 24.3 Å². The highest BCUT2D eigenvalue weighted by molar-refractivity contribution is 7.99. The molecule has 4 aromatic rings. The number of amides is 1. The molecule has 0 spiro atoms. The number of carbonyl (C=O) groups is 3. The van der Waals surface area contributed by atoms with Crippen molar-refractivity contribution in [3.8, 4) is 40.5 Å². The number of aryl methyl sites for hydroxylation is 1. The number of carbonyl (C=O) groups excluding carboxylic acids is 3. The first-order chi connectivity index (χ1) is 29.2. The lowest BCUT2D eigenvalue weighted by Gasteiger charge is -2.61. The number of nitriles is 1. The largest absolute Gasteiger partial charge is 0.504 e. The summed E-state index contributed by atoms with van der Waals surface area (Å²) in [4.78, 5) is 44.9. The number of phenols is 1. The van der Waals surface area contributed by atoms with Gasteiger partial charge in [-0.3, -0.25) is 19.4 Å². The van der Waals surface area contributed by atoms with Gasteiger partial charge in [0.25, 0.3) is 5.91 Å². The molecule has 19 heteroatoms. The van der Waals surface area contributed by atoms with Gasteiger partial charge in [0.05, 0.1) is 48.0 Å². The van der Waals surface area contributed by atoms with Gasteiger partial charge in [-0.15, -0.1) is 11.8 Å². The van der Waals surface area contributed by atoms with Gasteiger partial charge >= 0.3 is 18.1 Å². The van der Waals surface area contributed by atoms with E-state index < -0.39 is 83.4 Å². The Labute approximate surface area is 351 Å². The molecule has 6 aliphatic heterocycles. The van der Waals surface area contributed by atoms with Crippen molar-refractivity contribution in [3.63, 3.8) is 0 Å². The number of piperazine rings is 1. The van der Waals surface area contributed by atoms with E-state index in [9.17, 15) is 37.9 Å². The predicted octanol–water partition coefficient (Wildman–Crippen LogP) is 5.23. The number of phenolic OH excluding ortho intramolecular Hbond substituents is 1.